The van der Waals surface area contributed by atoms with Crippen LogP contribution in [-0.2, 0) is 4.79 Å². The molecule has 0 bridgehead atoms. The van der Waals surface area contributed by atoms with Crippen molar-refractivity contribution in [2.24, 2.45) is 11.7 Å². The highest BCUT2D eigenvalue weighted by Gasteiger charge is 2.05. The molecular weight excluding hydrogens is 104 g/mol. The van der Waals surface area contributed by atoms with Gasteiger partial charge in [0, 0.05) is 19.5 Å². The van der Waals surface area contributed by atoms with Crippen LogP contribution in [0.1, 0.15) is 6.92 Å². The largest absolute Gasteiger partial charge is 0.359 e. The van der Waals surface area contributed by atoms with Gasteiger partial charge in [-0.25, -0.2) is 0 Å². The van der Waals surface area contributed by atoms with Crippen molar-refractivity contribution >= 4 is 5.91 Å². The van der Waals surface area contributed by atoms with E-state index in [1.54, 1.807) is 14.0 Å². The Labute approximate surface area is 49.3 Å². The van der Waals surface area contributed by atoms with E-state index < -0.39 is 0 Å². The number of rotatable bonds is 2. The first-order valence-electron chi connectivity index (χ1n) is 2.64. The van der Waals surface area contributed by atoms with Crippen molar-refractivity contribution in [2.45, 2.75) is 6.92 Å². The van der Waals surface area contributed by atoms with Gasteiger partial charge in [-0.3, -0.25) is 4.79 Å². The van der Waals surface area contributed by atoms with Crippen LogP contribution in [0.2, 0.25) is 0 Å². The average molecular weight is 116 g/mol. The van der Waals surface area contributed by atoms with Gasteiger partial charge >= 0.3 is 0 Å². The summed E-state index contributed by atoms with van der Waals surface area (Å²) in [5, 5.41) is 2.50. The first-order chi connectivity index (χ1) is 3.72. The minimum atomic E-state index is -0.0556. The maximum atomic E-state index is 10.6. The number of amides is 1. The second kappa shape index (κ2) is 3.43. The molecule has 0 aromatic carbocycles. The number of nitrogens with two attached hydrogens (primary N) is 1. The van der Waals surface area contributed by atoms with Crippen molar-refractivity contribution in [1.82, 2.24) is 5.32 Å². The van der Waals surface area contributed by atoms with Crippen LogP contribution in [0.4, 0.5) is 0 Å². The van der Waals surface area contributed by atoms with E-state index in [2.05, 4.69) is 5.32 Å². The Kier molecular flexibility index (Phi) is 3.19. The zero-order valence-corrected chi connectivity index (χ0v) is 5.27. The maximum Gasteiger partial charge on any atom is 0.223 e. The third-order valence-corrected chi connectivity index (χ3v) is 1.05. The van der Waals surface area contributed by atoms with Crippen molar-refractivity contribution in [3.63, 3.8) is 0 Å². The lowest BCUT2D eigenvalue weighted by Crippen LogP contribution is -2.30. The lowest BCUT2D eigenvalue weighted by atomic mass is 10.2. The fourth-order valence-electron chi connectivity index (χ4n) is 0.353. The van der Waals surface area contributed by atoms with Crippen molar-refractivity contribution in [2.75, 3.05) is 13.6 Å². The Morgan fingerprint density at radius 3 is 2.50 bits per heavy atom. The molecule has 1 amide bonds. The molecule has 0 spiro atoms. The molecule has 3 N–H and O–H groups in total. The van der Waals surface area contributed by atoms with E-state index in [-0.39, 0.29) is 11.8 Å². The molecule has 0 radical (unpaired) electrons. The van der Waals surface area contributed by atoms with E-state index >= 15 is 0 Å². The van der Waals surface area contributed by atoms with E-state index in [9.17, 15) is 4.79 Å². The van der Waals surface area contributed by atoms with E-state index in [4.69, 9.17) is 5.73 Å². The standard InChI is InChI=1S/C5H12N2O/c1-4(3-6)5(8)7-2/h4H,3,6H2,1-2H3,(H,7,8)/t4-/m0/s1. The van der Waals surface area contributed by atoms with Crippen LogP contribution in [0.3, 0.4) is 0 Å². The SMILES string of the molecule is CNC(=O)[C@@H](C)CN. The Bertz CT molecular complexity index is 82.5. The third-order valence-electron chi connectivity index (χ3n) is 1.05. The van der Waals surface area contributed by atoms with E-state index in [0.717, 1.165) is 0 Å². The first kappa shape index (κ1) is 7.43. The summed E-state index contributed by atoms with van der Waals surface area (Å²) in [4.78, 5) is 10.6. The van der Waals surface area contributed by atoms with Gasteiger partial charge in [-0.1, -0.05) is 6.92 Å². The predicted molar refractivity (Wildman–Crippen MR) is 32.3 cm³/mol. The molecule has 0 aromatic heterocycles. The van der Waals surface area contributed by atoms with Gasteiger partial charge in [-0.15, -0.1) is 0 Å². The minimum Gasteiger partial charge on any atom is -0.359 e. The predicted octanol–water partition coefficient (Wildman–Crippen LogP) is -0.673. The molecule has 0 aliphatic rings. The summed E-state index contributed by atoms with van der Waals surface area (Å²) < 4.78 is 0. The number of carbonyl (C=O) groups excluding carboxylic acids is 1. The molecule has 3 heteroatoms. The Hall–Kier alpha value is -0.570. The minimum absolute atomic E-state index is 0.00694. The molecule has 3 nitrogen and oxygen atoms in total. The highest BCUT2D eigenvalue weighted by Crippen LogP contribution is 1.87. The zero-order chi connectivity index (χ0) is 6.57. The summed E-state index contributed by atoms with van der Waals surface area (Å²) in [5.41, 5.74) is 5.19. The van der Waals surface area contributed by atoms with E-state index in [1.165, 1.54) is 0 Å². The molecule has 0 aromatic rings. The van der Waals surface area contributed by atoms with Crippen LogP contribution in [0.15, 0.2) is 0 Å². The highest BCUT2D eigenvalue weighted by molar-refractivity contribution is 5.78. The molecule has 1 atom stereocenters. The lowest BCUT2D eigenvalue weighted by molar-refractivity contribution is -0.123. The molecule has 0 saturated heterocycles. The highest BCUT2D eigenvalue weighted by atomic mass is 16.1. The molecule has 0 heterocycles. The van der Waals surface area contributed by atoms with Crippen molar-refractivity contribution in [3.8, 4) is 0 Å². The van der Waals surface area contributed by atoms with Gasteiger partial charge in [0.2, 0.25) is 5.91 Å². The molecule has 48 valence electrons. The summed E-state index contributed by atoms with van der Waals surface area (Å²) in [6, 6.07) is 0. The quantitative estimate of drug-likeness (QED) is 0.502. The summed E-state index contributed by atoms with van der Waals surface area (Å²) in [6.45, 7) is 2.21. The Morgan fingerprint density at radius 1 is 1.88 bits per heavy atom. The van der Waals surface area contributed by atoms with Crippen LogP contribution in [0.25, 0.3) is 0 Å². The first-order valence-corrected chi connectivity index (χ1v) is 2.64. The lowest BCUT2D eigenvalue weighted by Gasteiger charge is -2.03. The number of carbonyl (C=O) groups is 1. The Balaban J connectivity index is 3.46. The van der Waals surface area contributed by atoms with E-state index in [1.807, 2.05) is 0 Å². The van der Waals surface area contributed by atoms with Crippen LogP contribution < -0.4 is 11.1 Å². The molecule has 0 saturated carbocycles. The van der Waals surface area contributed by atoms with Gasteiger partial charge in [-0.05, 0) is 0 Å². The summed E-state index contributed by atoms with van der Waals surface area (Å²) >= 11 is 0. The molecule has 0 aliphatic carbocycles. The molecule has 8 heavy (non-hydrogen) atoms. The normalized spacial score (nSPS) is 12.9. The molecule has 0 rings (SSSR count). The Morgan fingerprint density at radius 2 is 2.38 bits per heavy atom. The topological polar surface area (TPSA) is 55.1 Å². The smallest absolute Gasteiger partial charge is 0.223 e. The summed E-state index contributed by atoms with van der Waals surface area (Å²) in [7, 11) is 1.61. The van der Waals surface area contributed by atoms with Gasteiger partial charge in [0.25, 0.3) is 0 Å². The summed E-state index contributed by atoms with van der Waals surface area (Å²) in [6.07, 6.45) is 0. The van der Waals surface area contributed by atoms with Crippen LogP contribution in [-0.4, -0.2) is 19.5 Å². The van der Waals surface area contributed by atoms with Crippen LogP contribution in [0, 0.1) is 5.92 Å². The average Bonchev–Trinajstić information content (AvgIpc) is 1.84. The molecule has 0 aliphatic heterocycles. The van der Waals surface area contributed by atoms with Gasteiger partial charge < -0.3 is 11.1 Å². The number of hydrogen-bond donors (Lipinski definition) is 2. The van der Waals surface area contributed by atoms with Gasteiger partial charge in [0.15, 0.2) is 0 Å². The zero-order valence-electron chi connectivity index (χ0n) is 5.27. The molecule has 0 unspecified atom stereocenters. The molecular formula is C5H12N2O. The van der Waals surface area contributed by atoms with Crippen molar-refractivity contribution < 1.29 is 4.79 Å². The third kappa shape index (κ3) is 1.93. The number of hydrogen-bond acceptors (Lipinski definition) is 2. The second-order valence-corrected chi connectivity index (χ2v) is 1.75. The maximum absolute atomic E-state index is 10.6. The van der Waals surface area contributed by atoms with Crippen LogP contribution >= 0.6 is 0 Å². The van der Waals surface area contributed by atoms with Crippen molar-refractivity contribution in [1.29, 1.82) is 0 Å². The fourth-order valence-corrected chi connectivity index (χ4v) is 0.353. The molecule has 0 fully saturated rings. The van der Waals surface area contributed by atoms with Crippen molar-refractivity contribution in [3.05, 3.63) is 0 Å². The van der Waals surface area contributed by atoms with Gasteiger partial charge in [0.05, 0.1) is 0 Å². The monoisotopic (exact) mass is 116 g/mol. The number of nitrogens with one attached hydrogen (secondary N) is 1. The van der Waals surface area contributed by atoms with Gasteiger partial charge in [0.1, 0.15) is 0 Å². The second-order valence-electron chi connectivity index (χ2n) is 1.75. The summed E-state index contributed by atoms with van der Waals surface area (Å²) in [5.74, 6) is -0.0486. The fraction of sp³-hybridized carbons (Fsp3) is 0.800. The van der Waals surface area contributed by atoms with Crippen LogP contribution in [0.5, 0.6) is 0 Å². The van der Waals surface area contributed by atoms with Gasteiger partial charge in [-0.2, -0.15) is 0 Å². The van der Waals surface area contributed by atoms with E-state index in [0.29, 0.717) is 6.54 Å².